The lowest BCUT2D eigenvalue weighted by Crippen LogP contribution is -2.19. The summed E-state index contributed by atoms with van der Waals surface area (Å²) in [5.41, 5.74) is 6.02. The summed E-state index contributed by atoms with van der Waals surface area (Å²) < 4.78 is 5.57. The summed E-state index contributed by atoms with van der Waals surface area (Å²) in [6.45, 7) is 1.88. The SMILES string of the molecule is CN(C)CCOc1ccc(NC(=O)CCCN)cc1Cl. The number of rotatable bonds is 8. The molecule has 0 aliphatic heterocycles. The second kappa shape index (κ2) is 8.79. The number of carbonyl (C=O) groups is 1. The number of hydrogen-bond acceptors (Lipinski definition) is 4. The molecule has 20 heavy (non-hydrogen) atoms. The first-order valence-corrected chi connectivity index (χ1v) is 6.97. The molecule has 1 rings (SSSR count). The predicted molar refractivity (Wildman–Crippen MR) is 82.4 cm³/mol. The lowest BCUT2D eigenvalue weighted by molar-refractivity contribution is -0.116. The van der Waals surface area contributed by atoms with E-state index in [0.29, 0.717) is 42.5 Å². The largest absolute Gasteiger partial charge is 0.491 e. The summed E-state index contributed by atoms with van der Waals surface area (Å²) in [4.78, 5) is 13.6. The maximum atomic E-state index is 11.6. The number of hydrogen-bond donors (Lipinski definition) is 2. The van der Waals surface area contributed by atoms with E-state index in [1.54, 1.807) is 18.2 Å². The summed E-state index contributed by atoms with van der Waals surface area (Å²) in [5.74, 6) is 0.557. The Labute approximate surface area is 125 Å². The van der Waals surface area contributed by atoms with Crippen molar-refractivity contribution in [1.82, 2.24) is 4.90 Å². The van der Waals surface area contributed by atoms with Gasteiger partial charge in [0.1, 0.15) is 12.4 Å². The average molecular weight is 300 g/mol. The minimum Gasteiger partial charge on any atom is -0.491 e. The highest BCUT2D eigenvalue weighted by Gasteiger charge is 2.06. The van der Waals surface area contributed by atoms with E-state index in [2.05, 4.69) is 5.32 Å². The van der Waals surface area contributed by atoms with E-state index in [0.717, 1.165) is 6.54 Å². The van der Waals surface area contributed by atoms with Gasteiger partial charge in [0.05, 0.1) is 5.02 Å². The number of halogens is 1. The highest BCUT2D eigenvalue weighted by Crippen LogP contribution is 2.27. The van der Waals surface area contributed by atoms with Crippen LogP contribution in [-0.2, 0) is 4.79 Å². The van der Waals surface area contributed by atoms with Crippen molar-refractivity contribution in [3.8, 4) is 5.75 Å². The van der Waals surface area contributed by atoms with Gasteiger partial charge in [-0.25, -0.2) is 0 Å². The van der Waals surface area contributed by atoms with Gasteiger partial charge in [-0.15, -0.1) is 0 Å². The summed E-state index contributed by atoms with van der Waals surface area (Å²) in [6, 6.07) is 5.22. The molecule has 0 heterocycles. The molecule has 5 nitrogen and oxygen atoms in total. The monoisotopic (exact) mass is 299 g/mol. The molecular weight excluding hydrogens is 278 g/mol. The van der Waals surface area contributed by atoms with Crippen molar-refractivity contribution < 1.29 is 9.53 Å². The molecular formula is C14H22ClN3O2. The Bertz CT molecular complexity index is 438. The average Bonchev–Trinajstić information content (AvgIpc) is 2.38. The number of likely N-dealkylation sites (N-methyl/N-ethyl adjacent to an activating group) is 1. The Hall–Kier alpha value is -1.30. The second-order valence-corrected chi connectivity index (χ2v) is 5.14. The first kappa shape index (κ1) is 16.8. The summed E-state index contributed by atoms with van der Waals surface area (Å²) in [7, 11) is 3.95. The molecule has 0 bridgehead atoms. The normalized spacial score (nSPS) is 10.7. The number of nitrogens with zero attached hydrogens (tertiary/aromatic N) is 1. The number of anilines is 1. The molecule has 0 fully saturated rings. The fourth-order valence-corrected chi connectivity index (χ4v) is 1.76. The highest BCUT2D eigenvalue weighted by molar-refractivity contribution is 6.32. The molecule has 0 saturated carbocycles. The van der Waals surface area contributed by atoms with Gasteiger partial charge in [-0.2, -0.15) is 0 Å². The summed E-state index contributed by atoms with van der Waals surface area (Å²) in [5, 5.41) is 3.26. The van der Waals surface area contributed by atoms with Crippen LogP contribution in [0.5, 0.6) is 5.75 Å². The van der Waals surface area contributed by atoms with Gasteiger partial charge in [-0.1, -0.05) is 11.6 Å². The molecule has 0 aliphatic carbocycles. The Balaban J connectivity index is 2.52. The van der Waals surface area contributed by atoms with E-state index >= 15 is 0 Å². The van der Waals surface area contributed by atoms with Gasteiger partial charge in [0.2, 0.25) is 5.91 Å². The number of nitrogens with two attached hydrogens (primary N) is 1. The van der Waals surface area contributed by atoms with Crippen molar-refractivity contribution in [2.75, 3.05) is 39.1 Å². The molecule has 1 aromatic carbocycles. The zero-order valence-corrected chi connectivity index (χ0v) is 12.7. The lowest BCUT2D eigenvalue weighted by atomic mass is 10.2. The van der Waals surface area contributed by atoms with E-state index in [4.69, 9.17) is 22.1 Å². The fourth-order valence-electron chi connectivity index (χ4n) is 1.52. The molecule has 0 aromatic heterocycles. The van der Waals surface area contributed by atoms with Crippen molar-refractivity contribution in [1.29, 1.82) is 0 Å². The minimum atomic E-state index is -0.0622. The van der Waals surface area contributed by atoms with Gasteiger partial charge in [-0.05, 0) is 45.3 Å². The zero-order chi connectivity index (χ0) is 15.0. The smallest absolute Gasteiger partial charge is 0.224 e. The van der Waals surface area contributed by atoms with Crippen LogP contribution < -0.4 is 15.8 Å². The quantitative estimate of drug-likeness (QED) is 0.770. The van der Waals surface area contributed by atoms with Crippen molar-refractivity contribution in [3.63, 3.8) is 0 Å². The molecule has 0 saturated heterocycles. The molecule has 0 aliphatic rings. The van der Waals surface area contributed by atoms with Crippen molar-refractivity contribution >= 4 is 23.2 Å². The second-order valence-electron chi connectivity index (χ2n) is 4.74. The van der Waals surface area contributed by atoms with Crippen molar-refractivity contribution in [2.45, 2.75) is 12.8 Å². The maximum absolute atomic E-state index is 11.6. The molecule has 112 valence electrons. The number of benzene rings is 1. The zero-order valence-electron chi connectivity index (χ0n) is 12.0. The number of amides is 1. The topological polar surface area (TPSA) is 67.6 Å². The summed E-state index contributed by atoms with van der Waals surface area (Å²) >= 11 is 6.12. The van der Waals surface area contributed by atoms with E-state index in [-0.39, 0.29) is 5.91 Å². The van der Waals surface area contributed by atoms with E-state index in [1.165, 1.54) is 0 Å². The van der Waals surface area contributed by atoms with E-state index < -0.39 is 0 Å². The third kappa shape index (κ3) is 6.23. The lowest BCUT2D eigenvalue weighted by Gasteiger charge is -2.13. The molecule has 6 heteroatoms. The van der Waals surface area contributed by atoms with Gasteiger partial charge in [0, 0.05) is 18.7 Å². The molecule has 0 unspecified atom stereocenters. The van der Waals surface area contributed by atoms with Crippen molar-refractivity contribution in [2.24, 2.45) is 5.73 Å². The van der Waals surface area contributed by atoms with E-state index in [9.17, 15) is 4.79 Å². The Kier molecular flexibility index (Phi) is 7.36. The van der Waals surface area contributed by atoms with Crippen LogP contribution in [0.4, 0.5) is 5.69 Å². The first-order valence-electron chi connectivity index (χ1n) is 6.60. The molecule has 0 radical (unpaired) electrons. The van der Waals surface area contributed by atoms with Crippen LogP contribution in [-0.4, -0.2) is 44.6 Å². The van der Waals surface area contributed by atoms with Crippen LogP contribution in [0.1, 0.15) is 12.8 Å². The standard InChI is InChI=1S/C14H22ClN3O2/c1-18(2)8-9-20-13-6-5-11(10-12(13)15)17-14(19)4-3-7-16/h5-6,10H,3-4,7-9,16H2,1-2H3,(H,17,19). The van der Waals surface area contributed by atoms with Crippen LogP contribution in [0, 0.1) is 0 Å². The molecule has 1 amide bonds. The number of carbonyl (C=O) groups excluding carboxylic acids is 1. The van der Waals surface area contributed by atoms with Gasteiger partial charge in [-0.3, -0.25) is 4.79 Å². The third-order valence-corrected chi connectivity index (χ3v) is 2.92. The number of ether oxygens (including phenoxy) is 1. The van der Waals surface area contributed by atoms with Crippen LogP contribution in [0.25, 0.3) is 0 Å². The molecule has 0 atom stereocenters. The highest BCUT2D eigenvalue weighted by atomic mass is 35.5. The Morgan fingerprint density at radius 2 is 2.20 bits per heavy atom. The fraction of sp³-hybridized carbons (Fsp3) is 0.500. The van der Waals surface area contributed by atoms with Crippen molar-refractivity contribution in [3.05, 3.63) is 23.2 Å². The molecule has 0 spiro atoms. The first-order chi connectivity index (χ1) is 9.52. The third-order valence-electron chi connectivity index (χ3n) is 2.62. The van der Waals surface area contributed by atoms with E-state index in [1.807, 2.05) is 19.0 Å². The van der Waals surface area contributed by atoms with Crippen LogP contribution in [0.3, 0.4) is 0 Å². The molecule has 1 aromatic rings. The number of nitrogens with one attached hydrogen (secondary N) is 1. The van der Waals surface area contributed by atoms with Gasteiger partial charge in [0.15, 0.2) is 0 Å². The van der Waals surface area contributed by atoms with Gasteiger partial charge >= 0.3 is 0 Å². The van der Waals surface area contributed by atoms with Crippen LogP contribution in [0.15, 0.2) is 18.2 Å². The Morgan fingerprint density at radius 1 is 1.45 bits per heavy atom. The van der Waals surface area contributed by atoms with Crippen LogP contribution in [0.2, 0.25) is 5.02 Å². The van der Waals surface area contributed by atoms with Gasteiger partial charge in [0.25, 0.3) is 0 Å². The molecule has 3 N–H and O–H groups in total. The predicted octanol–water partition coefficient (Wildman–Crippen LogP) is 1.96. The van der Waals surface area contributed by atoms with Crippen LogP contribution >= 0.6 is 11.6 Å². The Morgan fingerprint density at radius 3 is 2.80 bits per heavy atom. The minimum absolute atomic E-state index is 0.0622. The summed E-state index contributed by atoms with van der Waals surface area (Å²) in [6.07, 6.45) is 1.08. The van der Waals surface area contributed by atoms with Gasteiger partial charge < -0.3 is 20.7 Å². The maximum Gasteiger partial charge on any atom is 0.224 e.